The van der Waals surface area contributed by atoms with Crippen molar-refractivity contribution in [3.8, 4) is 0 Å². The van der Waals surface area contributed by atoms with Crippen molar-refractivity contribution in [1.29, 1.82) is 0 Å². The third-order valence-corrected chi connectivity index (χ3v) is 3.45. The molecule has 2 saturated heterocycles. The molecule has 2 heterocycles. The number of rotatable bonds is 0. The van der Waals surface area contributed by atoms with Crippen LogP contribution in [0.5, 0.6) is 0 Å². The largest absolute Gasteiger partial charge is 0.325 e. The number of piperidine rings is 1. The monoisotopic (exact) mass is 225 g/mol. The van der Waals surface area contributed by atoms with Gasteiger partial charge in [0.1, 0.15) is 0 Å². The highest BCUT2D eigenvalue weighted by molar-refractivity contribution is 5.74. The summed E-state index contributed by atoms with van der Waals surface area (Å²) in [4.78, 5) is 16.3. The fourth-order valence-electron chi connectivity index (χ4n) is 2.77. The van der Waals surface area contributed by atoms with Crippen molar-refractivity contribution < 1.29 is 4.79 Å². The molecule has 2 fully saturated rings. The minimum absolute atomic E-state index is 0.250. The zero-order valence-electron chi connectivity index (χ0n) is 10.4. The maximum absolute atomic E-state index is 12.3. The number of urea groups is 1. The number of carbonyl (C=O) groups excluding carboxylic acids is 1. The molecular formula is C12H23N3O. The first kappa shape index (κ1) is 11.7. The smallest absolute Gasteiger partial charge is 0.320 e. The lowest BCUT2D eigenvalue weighted by Gasteiger charge is -2.39. The van der Waals surface area contributed by atoms with Gasteiger partial charge in [-0.15, -0.1) is 0 Å². The van der Waals surface area contributed by atoms with Crippen molar-refractivity contribution in [1.82, 2.24) is 15.1 Å². The van der Waals surface area contributed by atoms with Gasteiger partial charge in [0.15, 0.2) is 0 Å². The first-order valence-electron chi connectivity index (χ1n) is 6.46. The van der Waals surface area contributed by atoms with E-state index in [0.717, 1.165) is 26.2 Å². The van der Waals surface area contributed by atoms with E-state index < -0.39 is 0 Å². The molecular weight excluding hydrogens is 202 g/mol. The van der Waals surface area contributed by atoms with Crippen LogP contribution in [0.15, 0.2) is 0 Å². The maximum atomic E-state index is 12.3. The summed E-state index contributed by atoms with van der Waals surface area (Å²) >= 11 is 0. The number of amides is 2. The van der Waals surface area contributed by atoms with Crippen molar-refractivity contribution >= 4 is 6.03 Å². The first-order chi connectivity index (χ1) is 7.66. The molecule has 0 bridgehead atoms. The van der Waals surface area contributed by atoms with Gasteiger partial charge in [0.2, 0.25) is 0 Å². The summed E-state index contributed by atoms with van der Waals surface area (Å²) in [6.07, 6.45) is 3.62. The van der Waals surface area contributed by atoms with Gasteiger partial charge in [0, 0.05) is 38.3 Å². The highest BCUT2D eigenvalue weighted by Gasteiger charge is 2.28. The van der Waals surface area contributed by atoms with E-state index in [-0.39, 0.29) is 6.03 Å². The van der Waals surface area contributed by atoms with E-state index in [9.17, 15) is 4.79 Å². The van der Waals surface area contributed by atoms with Crippen LogP contribution in [0, 0.1) is 0 Å². The van der Waals surface area contributed by atoms with Gasteiger partial charge < -0.3 is 15.1 Å². The predicted octanol–water partition coefficient (Wildman–Crippen LogP) is 1.27. The van der Waals surface area contributed by atoms with Crippen molar-refractivity contribution in [3.05, 3.63) is 0 Å². The van der Waals surface area contributed by atoms with E-state index in [1.54, 1.807) is 0 Å². The van der Waals surface area contributed by atoms with Gasteiger partial charge in [-0.1, -0.05) is 0 Å². The van der Waals surface area contributed by atoms with Crippen LogP contribution in [0.2, 0.25) is 0 Å². The second kappa shape index (κ2) is 5.04. The Labute approximate surface area is 98.0 Å². The third-order valence-electron chi connectivity index (χ3n) is 3.45. The molecule has 0 aromatic heterocycles. The third kappa shape index (κ3) is 2.67. The second-order valence-corrected chi connectivity index (χ2v) is 5.20. The average molecular weight is 225 g/mol. The molecule has 2 aliphatic rings. The molecule has 0 spiro atoms. The highest BCUT2D eigenvalue weighted by Crippen LogP contribution is 2.13. The van der Waals surface area contributed by atoms with Crippen molar-refractivity contribution in [3.63, 3.8) is 0 Å². The number of hydrogen-bond acceptors (Lipinski definition) is 2. The van der Waals surface area contributed by atoms with Gasteiger partial charge in [0.05, 0.1) is 0 Å². The topological polar surface area (TPSA) is 35.6 Å². The summed E-state index contributed by atoms with van der Waals surface area (Å²) in [6.45, 7) is 7.88. The summed E-state index contributed by atoms with van der Waals surface area (Å²) in [5, 5.41) is 3.45. The van der Waals surface area contributed by atoms with Gasteiger partial charge in [-0.2, -0.15) is 0 Å². The van der Waals surface area contributed by atoms with Crippen LogP contribution < -0.4 is 5.32 Å². The lowest BCUT2D eigenvalue weighted by atomic mass is 10.1. The van der Waals surface area contributed by atoms with Gasteiger partial charge in [-0.05, 0) is 33.1 Å². The van der Waals surface area contributed by atoms with E-state index in [0.29, 0.717) is 12.1 Å². The van der Waals surface area contributed by atoms with Crippen LogP contribution in [-0.2, 0) is 0 Å². The van der Waals surface area contributed by atoms with Gasteiger partial charge in [-0.3, -0.25) is 0 Å². The van der Waals surface area contributed by atoms with Crippen LogP contribution >= 0.6 is 0 Å². The Morgan fingerprint density at radius 3 is 2.12 bits per heavy atom. The number of hydrogen-bond donors (Lipinski definition) is 1. The van der Waals surface area contributed by atoms with E-state index >= 15 is 0 Å². The number of nitrogens with zero attached hydrogens (tertiary/aromatic N) is 2. The number of likely N-dealkylation sites (tertiary alicyclic amines) is 1. The van der Waals surface area contributed by atoms with Gasteiger partial charge in [-0.25, -0.2) is 4.79 Å². The molecule has 2 amide bonds. The van der Waals surface area contributed by atoms with Crippen molar-refractivity contribution in [2.24, 2.45) is 0 Å². The molecule has 2 rings (SSSR count). The molecule has 0 saturated carbocycles. The minimum Gasteiger partial charge on any atom is -0.325 e. The standard InChI is InChI=1S/C12H23N3O/c1-10-8-15(9-11(2)13-10)12(16)14-6-4-3-5-7-14/h10-11,13H,3-9H2,1-2H3/t10-,11-/m0/s1. The summed E-state index contributed by atoms with van der Waals surface area (Å²) < 4.78 is 0. The molecule has 92 valence electrons. The molecule has 4 heteroatoms. The second-order valence-electron chi connectivity index (χ2n) is 5.20. The number of nitrogens with one attached hydrogen (secondary N) is 1. The van der Waals surface area contributed by atoms with E-state index in [1.807, 2.05) is 9.80 Å². The van der Waals surface area contributed by atoms with E-state index in [2.05, 4.69) is 19.2 Å². The van der Waals surface area contributed by atoms with Gasteiger partial charge in [0.25, 0.3) is 0 Å². The van der Waals surface area contributed by atoms with E-state index in [4.69, 9.17) is 0 Å². The average Bonchev–Trinajstić information content (AvgIpc) is 2.28. The van der Waals surface area contributed by atoms with Crippen LogP contribution in [-0.4, -0.2) is 54.1 Å². The molecule has 1 N–H and O–H groups in total. The Morgan fingerprint density at radius 1 is 1.00 bits per heavy atom. The Hall–Kier alpha value is -0.770. The Balaban J connectivity index is 1.92. The van der Waals surface area contributed by atoms with Gasteiger partial charge >= 0.3 is 6.03 Å². The molecule has 0 unspecified atom stereocenters. The minimum atomic E-state index is 0.250. The van der Waals surface area contributed by atoms with Crippen LogP contribution in [0.25, 0.3) is 0 Å². The molecule has 4 nitrogen and oxygen atoms in total. The van der Waals surface area contributed by atoms with E-state index in [1.165, 1.54) is 19.3 Å². The normalized spacial score (nSPS) is 31.6. The number of piperazine rings is 1. The SMILES string of the molecule is C[C@H]1CN(C(=O)N2CCCCC2)C[C@H](C)N1. The quantitative estimate of drug-likeness (QED) is 0.674. The molecule has 0 aromatic carbocycles. The predicted molar refractivity (Wildman–Crippen MR) is 64.5 cm³/mol. The Kier molecular flexibility index (Phi) is 3.69. The fraction of sp³-hybridized carbons (Fsp3) is 0.917. The Morgan fingerprint density at radius 2 is 1.56 bits per heavy atom. The summed E-state index contributed by atoms with van der Waals surface area (Å²) in [5.41, 5.74) is 0. The van der Waals surface area contributed by atoms with Crippen LogP contribution in [0.3, 0.4) is 0 Å². The zero-order chi connectivity index (χ0) is 11.5. The van der Waals surface area contributed by atoms with Crippen molar-refractivity contribution in [2.45, 2.75) is 45.2 Å². The zero-order valence-corrected chi connectivity index (χ0v) is 10.4. The van der Waals surface area contributed by atoms with Crippen LogP contribution in [0.1, 0.15) is 33.1 Å². The Bertz CT molecular complexity index is 241. The summed E-state index contributed by atoms with van der Waals surface area (Å²) in [7, 11) is 0. The molecule has 2 aliphatic heterocycles. The summed E-state index contributed by atoms with van der Waals surface area (Å²) in [6, 6.07) is 1.08. The molecule has 0 radical (unpaired) electrons. The molecule has 2 atom stereocenters. The summed E-state index contributed by atoms with van der Waals surface area (Å²) in [5.74, 6) is 0. The lowest BCUT2D eigenvalue weighted by Crippen LogP contribution is -2.58. The fourth-order valence-corrected chi connectivity index (χ4v) is 2.77. The molecule has 0 aromatic rings. The maximum Gasteiger partial charge on any atom is 0.320 e. The first-order valence-corrected chi connectivity index (χ1v) is 6.46. The highest BCUT2D eigenvalue weighted by atomic mass is 16.2. The lowest BCUT2D eigenvalue weighted by molar-refractivity contribution is 0.121. The number of carbonyl (C=O) groups is 1. The molecule has 0 aliphatic carbocycles. The van der Waals surface area contributed by atoms with Crippen LogP contribution in [0.4, 0.5) is 4.79 Å². The molecule has 16 heavy (non-hydrogen) atoms. The van der Waals surface area contributed by atoms with Crippen molar-refractivity contribution in [2.75, 3.05) is 26.2 Å².